The minimum absolute atomic E-state index is 0.155. The first-order chi connectivity index (χ1) is 11.2. The smallest absolute Gasteiger partial charge is 0.194 e. The zero-order chi connectivity index (χ0) is 18.0. The van der Waals surface area contributed by atoms with Crippen LogP contribution >= 0.6 is 0 Å². The van der Waals surface area contributed by atoms with E-state index >= 15 is 0 Å². The van der Waals surface area contributed by atoms with Gasteiger partial charge in [0.05, 0.1) is 17.0 Å². The maximum Gasteiger partial charge on any atom is 0.194 e. The van der Waals surface area contributed by atoms with Crippen molar-refractivity contribution in [3.05, 3.63) is 18.2 Å². The number of nitrogens with zero attached hydrogens (tertiary/aromatic N) is 4. The standard InChI is InChI=1S/C16H29N5O2S/c1-13(2)11-20-7-6-18-14(20)10-19-15(17-5)21-8-9-24(22,23)16(3,4)12-21/h6-7,13H,8-12H2,1-5H3,(H,17,19). The van der Waals surface area contributed by atoms with Crippen molar-refractivity contribution < 1.29 is 8.42 Å². The number of hydrogen-bond acceptors (Lipinski definition) is 4. The fourth-order valence-corrected chi connectivity index (χ4v) is 4.25. The molecule has 1 aliphatic rings. The van der Waals surface area contributed by atoms with Crippen molar-refractivity contribution in [3.8, 4) is 0 Å². The molecule has 7 nitrogen and oxygen atoms in total. The molecule has 136 valence electrons. The third-order valence-corrected chi connectivity index (χ3v) is 6.86. The second kappa shape index (κ2) is 7.13. The molecule has 24 heavy (non-hydrogen) atoms. The van der Waals surface area contributed by atoms with E-state index in [1.54, 1.807) is 27.1 Å². The quantitative estimate of drug-likeness (QED) is 0.647. The number of rotatable bonds is 4. The lowest BCUT2D eigenvalue weighted by Gasteiger charge is -2.39. The molecule has 1 aromatic rings. The number of aliphatic imine (C=N–C) groups is 1. The first kappa shape index (κ1) is 18.8. The van der Waals surface area contributed by atoms with Crippen molar-refractivity contribution in [2.24, 2.45) is 10.9 Å². The molecular weight excluding hydrogens is 326 g/mol. The van der Waals surface area contributed by atoms with Crippen molar-refractivity contribution in [3.63, 3.8) is 0 Å². The fourth-order valence-electron chi connectivity index (χ4n) is 2.88. The van der Waals surface area contributed by atoms with Crippen molar-refractivity contribution in [2.45, 2.75) is 45.5 Å². The zero-order valence-electron chi connectivity index (χ0n) is 15.3. The van der Waals surface area contributed by atoms with Crippen LogP contribution in [0.3, 0.4) is 0 Å². The molecule has 0 spiro atoms. The summed E-state index contributed by atoms with van der Waals surface area (Å²) in [4.78, 5) is 10.7. The molecular formula is C16H29N5O2S. The van der Waals surface area contributed by atoms with Gasteiger partial charge >= 0.3 is 0 Å². The Balaban J connectivity index is 2.03. The highest BCUT2D eigenvalue weighted by Gasteiger charge is 2.40. The van der Waals surface area contributed by atoms with Gasteiger partial charge in [0.1, 0.15) is 5.82 Å². The van der Waals surface area contributed by atoms with Gasteiger partial charge in [-0.2, -0.15) is 0 Å². The van der Waals surface area contributed by atoms with Gasteiger partial charge in [-0.3, -0.25) is 4.99 Å². The van der Waals surface area contributed by atoms with Crippen LogP contribution in [-0.2, 0) is 22.9 Å². The van der Waals surface area contributed by atoms with E-state index in [2.05, 4.69) is 33.7 Å². The first-order valence-corrected chi connectivity index (χ1v) is 9.99. The SMILES string of the molecule is CN=C(NCc1nccn1CC(C)C)N1CCS(=O)(=O)C(C)(C)C1. The number of sulfone groups is 1. The normalized spacial score (nSPS) is 20.4. The number of aromatic nitrogens is 2. The lowest BCUT2D eigenvalue weighted by molar-refractivity contribution is 0.352. The summed E-state index contributed by atoms with van der Waals surface area (Å²) in [5.74, 6) is 2.37. The van der Waals surface area contributed by atoms with Crippen LogP contribution < -0.4 is 5.32 Å². The van der Waals surface area contributed by atoms with E-state index in [9.17, 15) is 8.42 Å². The van der Waals surface area contributed by atoms with Gasteiger partial charge < -0.3 is 14.8 Å². The lowest BCUT2D eigenvalue weighted by atomic mass is 10.2. The summed E-state index contributed by atoms with van der Waals surface area (Å²) in [5.41, 5.74) is 0. The van der Waals surface area contributed by atoms with E-state index in [-0.39, 0.29) is 5.75 Å². The molecule has 2 heterocycles. The van der Waals surface area contributed by atoms with E-state index in [0.717, 1.165) is 18.3 Å². The highest BCUT2D eigenvalue weighted by atomic mass is 32.2. The van der Waals surface area contributed by atoms with Crippen LogP contribution in [0, 0.1) is 5.92 Å². The van der Waals surface area contributed by atoms with Gasteiger partial charge in [0.25, 0.3) is 0 Å². The summed E-state index contributed by atoms with van der Waals surface area (Å²) < 4.78 is 25.7. The number of hydrogen-bond donors (Lipinski definition) is 1. The zero-order valence-corrected chi connectivity index (χ0v) is 16.1. The molecule has 1 N–H and O–H groups in total. The van der Waals surface area contributed by atoms with Gasteiger partial charge in [-0.15, -0.1) is 0 Å². The molecule has 1 aromatic heterocycles. The summed E-state index contributed by atoms with van der Waals surface area (Å²) >= 11 is 0. The van der Waals surface area contributed by atoms with Crippen LogP contribution in [0.5, 0.6) is 0 Å². The van der Waals surface area contributed by atoms with Gasteiger partial charge in [-0.1, -0.05) is 13.8 Å². The maximum atomic E-state index is 12.2. The molecule has 0 saturated carbocycles. The van der Waals surface area contributed by atoms with E-state index in [0.29, 0.717) is 25.6 Å². The van der Waals surface area contributed by atoms with E-state index in [1.165, 1.54) is 0 Å². The minimum atomic E-state index is -3.05. The van der Waals surface area contributed by atoms with E-state index < -0.39 is 14.6 Å². The summed E-state index contributed by atoms with van der Waals surface area (Å²) in [6.45, 7) is 10.3. The van der Waals surface area contributed by atoms with Gasteiger partial charge in [0.15, 0.2) is 15.8 Å². The molecule has 0 aromatic carbocycles. The van der Waals surface area contributed by atoms with Gasteiger partial charge in [-0.25, -0.2) is 13.4 Å². The fraction of sp³-hybridized carbons (Fsp3) is 0.750. The van der Waals surface area contributed by atoms with E-state index in [4.69, 9.17) is 0 Å². The molecule has 1 aliphatic heterocycles. The molecule has 0 amide bonds. The Morgan fingerprint density at radius 1 is 1.46 bits per heavy atom. The Morgan fingerprint density at radius 2 is 2.17 bits per heavy atom. The second-order valence-electron chi connectivity index (χ2n) is 7.29. The molecule has 2 rings (SSSR count). The number of nitrogens with one attached hydrogen (secondary N) is 1. The van der Waals surface area contributed by atoms with Crippen LogP contribution in [0.4, 0.5) is 0 Å². The van der Waals surface area contributed by atoms with Crippen molar-refractivity contribution in [1.82, 2.24) is 19.8 Å². The lowest BCUT2D eigenvalue weighted by Crippen LogP contribution is -2.57. The predicted molar refractivity (Wildman–Crippen MR) is 96.7 cm³/mol. The Morgan fingerprint density at radius 3 is 2.75 bits per heavy atom. The van der Waals surface area contributed by atoms with E-state index in [1.807, 2.05) is 11.1 Å². The van der Waals surface area contributed by atoms with Crippen LogP contribution in [0.25, 0.3) is 0 Å². The third kappa shape index (κ3) is 4.09. The van der Waals surface area contributed by atoms with Crippen molar-refractivity contribution in [2.75, 3.05) is 25.9 Å². The molecule has 0 radical (unpaired) electrons. The second-order valence-corrected chi connectivity index (χ2v) is 10.0. The average Bonchev–Trinajstić information content (AvgIpc) is 2.90. The Hall–Kier alpha value is -1.57. The summed E-state index contributed by atoms with van der Waals surface area (Å²) in [6, 6.07) is 0. The molecule has 0 unspecified atom stereocenters. The Labute approximate surface area is 145 Å². The Kier molecular flexibility index (Phi) is 5.57. The van der Waals surface area contributed by atoms with Gasteiger partial charge in [0.2, 0.25) is 0 Å². The third-order valence-electron chi connectivity index (χ3n) is 4.32. The molecule has 1 saturated heterocycles. The highest BCUT2D eigenvalue weighted by Crippen LogP contribution is 2.23. The van der Waals surface area contributed by atoms with Crippen molar-refractivity contribution >= 4 is 15.8 Å². The molecule has 1 fully saturated rings. The average molecular weight is 356 g/mol. The van der Waals surface area contributed by atoms with Gasteiger partial charge in [0, 0.05) is 39.1 Å². The topological polar surface area (TPSA) is 79.6 Å². The van der Waals surface area contributed by atoms with Crippen LogP contribution in [0.2, 0.25) is 0 Å². The molecule has 0 atom stereocenters. The number of guanidine groups is 1. The van der Waals surface area contributed by atoms with Crippen molar-refractivity contribution in [1.29, 1.82) is 0 Å². The van der Waals surface area contributed by atoms with Crippen LogP contribution in [0.1, 0.15) is 33.5 Å². The molecule has 0 bridgehead atoms. The monoisotopic (exact) mass is 355 g/mol. The van der Waals surface area contributed by atoms with Crippen LogP contribution in [0.15, 0.2) is 17.4 Å². The summed E-state index contributed by atoms with van der Waals surface area (Å²) in [7, 11) is -1.33. The Bertz CT molecular complexity index is 691. The number of imidazole rings is 1. The maximum absolute atomic E-state index is 12.2. The van der Waals surface area contributed by atoms with Gasteiger partial charge in [-0.05, 0) is 19.8 Å². The minimum Gasteiger partial charge on any atom is -0.349 e. The van der Waals surface area contributed by atoms with Crippen LogP contribution in [-0.4, -0.2) is 59.5 Å². The first-order valence-electron chi connectivity index (χ1n) is 8.34. The summed E-state index contributed by atoms with van der Waals surface area (Å²) in [6.07, 6.45) is 3.79. The molecule has 8 heteroatoms. The molecule has 0 aliphatic carbocycles. The largest absolute Gasteiger partial charge is 0.349 e. The summed E-state index contributed by atoms with van der Waals surface area (Å²) in [5, 5.41) is 3.32. The highest BCUT2D eigenvalue weighted by molar-refractivity contribution is 7.92. The predicted octanol–water partition coefficient (Wildman–Crippen LogP) is 1.12.